The molecule has 0 radical (unpaired) electrons. The molecular formula is C34H35FN4OS. The number of aryl methyl sites for hydroxylation is 4. The van der Waals surface area contributed by atoms with E-state index in [1.165, 1.54) is 34.4 Å². The number of thiocarbonyl (C=S) groups is 1. The third-order valence-corrected chi connectivity index (χ3v) is 8.16. The summed E-state index contributed by atoms with van der Waals surface area (Å²) in [4.78, 5) is 0.577. The Bertz CT molecular complexity index is 1730. The predicted octanol–water partition coefficient (Wildman–Crippen LogP) is 8.39. The van der Waals surface area contributed by atoms with Gasteiger partial charge in [-0.15, -0.1) is 5.10 Å². The van der Waals surface area contributed by atoms with E-state index in [1.54, 1.807) is 0 Å². The number of ether oxygens (including phenoxy) is 1. The van der Waals surface area contributed by atoms with E-state index in [0.717, 1.165) is 65.5 Å². The molecule has 41 heavy (non-hydrogen) atoms. The lowest BCUT2D eigenvalue weighted by Gasteiger charge is -2.15. The van der Waals surface area contributed by atoms with E-state index in [2.05, 4.69) is 67.9 Å². The molecule has 0 unspecified atom stereocenters. The highest BCUT2D eigenvalue weighted by Crippen LogP contribution is 2.38. The minimum atomic E-state index is -0.260. The maximum Gasteiger partial charge on any atom is 0.169 e. The Balaban J connectivity index is 1.48. The van der Waals surface area contributed by atoms with Crippen molar-refractivity contribution in [3.05, 3.63) is 106 Å². The van der Waals surface area contributed by atoms with Gasteiger partial charge < -0.3 is 14.6 Å². The Morgan fingerprint density at radius 2 is 1.73 bits per heavy atom. The molecule has 0 saturated carbocycles. The van der Waals surface area contributed by atoms with Crippen LogP contribution in [-0.2, 0) is 19.6 Å². The van der Waals surface area contributed by atoms with Crippen molar-refractivity contribution in [1.29, 1.82) is 0 Å². The van der Waals surface area contributed by atoms with Crippen LogP contribution >= 0.6 is 12.2 Å². The zero-order valence-electron chi connectivity index (χ0n) is 24.0. The summed E-state index contributed by atoms with van der Waals surface area (Å²) in [5, 5.41) is 8.57. The molecule has 1 N–H and O–H groups in total. The quantitative estimate of drug-likeness (QED) is 0.201. The lowest BCUT2D eigenvalue weighted by Crippen LogP contribution is -2.15. The smallest absolute Gasteiger partial charge is 0.169 e. The highest BCUT2D eigenvalue weighted by molar-refractivity contribution is 7.81. The SMILES string of the molecule is Cc1ccc(NC(=S)c2c(-c3ccc(F)cc3)c3c4n(c(COc5cc(C)ccc5C(C)C)nn24)CCCC3)cc1. The maximum atomic E-state index is 14.0. The third-order valence-electron chi connectivity index (χ3n) is 7.87. The predicted molar refractivity (Wildman–Crippen MR) is 168 cm³/mol. The van der Waals surface area contributed by atoms with Crippen LogP contribution in [0.4, 0.5) is 10.1 Å². The number of nitrogens with zero attached hydrogens (tertiary/aromatic N) is 3. The molecule has 1 aliphatic rings. The van der Waals surface area contributed by atoms with Crippen molar-refractivity contribution in [3.63, 3.8) is 0 Å². The molecule has 0 spiro atoms. The molecule has 5 aromatic rings. The fourth-order valence-electron chi connectivity index (χ4n) is 5.76. The number of nitrogens with one attached hydrogen (secondary N) is 1. The van der Waals surface area contributed by atoms with Crippen molar-refractivity contribution < 1.29 is 9.13 Å². The Hall–Kier alpha value is -3.97. The van der Waals surface area contributed by atoms with Crippen LogP contribution in [0.1, 0.15) is 66.4 Å². The number of rotatable bonds is 7. The summed E-state index contributed by atoms with van der Waals surface area (Å²) < 4.78 is 24.7. The van der Waals surface area contributed by atoms with Crippen molar-refractivity contribution in [2.45, 2.75) is 66.0 Å². The second kappa shape index (κ2) is 11.1. The molecule has 3 aromatic carbocycles. The van der Waals surface area contributed by atoms with Gasteiger partial charge in [-0.1, -0.05) is 68.0 Å². The third kappa shape index (κ3) is 5.26. The van der Waals surface area contributed by atoms with Gasteiger partial charge in [0, 0.05) is 23.4 Å². The topological polar surface area (TPSA) is 43.5 Å². The summed E-state index contributed by atoms with van der Waals surface area (Å²) in [5.41, 5.74) is 9.44. The number of halogens is 1. The Morgan fingerprint density at radius 1 is 1.00 bits per heavy atom. The minimum absolute atomic E-state index is 0.260. The van der Waals surface area contributed by atoms with Crippen molar-refractivity contribution in [2.75, 3.05) is 5.32 Å². The molecule has 210 valence electrons. The van der Waals surface area contributed by atoms with Crippen LogP contribution in [0.25, 0.3) is 16.8 Å². The lowest BCUT2D eigenvalue weighted by atomic mass is 9.98. The fraction of sp³-hybridized carbons (Fsp3) is 0.294. The van der Waals surface area contributed by atoms with Crippen molar-refractivity contribution in [2.24, 2.45) is 0 Å². The molecule has 0 aliphatic carbocycles. The van der Waals surface area contributed by atoms with Gasteiger partial charge in [0.2, 0.25) is 0 Å². The minimum Gasteiger partial charge on any atom is -0.485 e. The average Bonchev–Trinajstić information content (AvgIpc) is 3.35. The molecule has 0 atom stereocenters. The molecule has 0 fully saturated rings. The van der Waals surface area contributed by atoms with E-state index in [1.807, 2.05) is 28.8 Å². The van der Waals surface area contributed by atoms with Crippen molar-refractivity contribution in [1.82, 2.24) is 14.2 Å². The number of hydrogen-bond acceptors (Lipinski definition) is 3. The molecule has 6 rings (SSSR count). The fourth-order valence-corrected chi connectivity index (χ4v) is 6.07. The number of aromatic nitrogens is 3. The van der Waals surface area contributed by atoms with Gasteiger partial charge in [-0.2, -0.15) is 0 Å². The van der Waals surface area contributed by atoms with E-state index in [4.69, 9.17) is 22.1 Å². The summed E-state index contributed by atoms with van der Waals surface area (Å²) in [5.74, 6) is 1.86. The average molecular weight is 567 g/mol. The normalized spacial score (nSPS) is 13.0. The van der Waals surface area contributed by atoms with Crippen LogP contribution in [0.5, 0.6) is 5.75 Å². The summed E-state index contributed by atoms with van der Waals surface area (Å²) in [6, 6.07) is 21.3. The first-order valence-electron chi connectivity index (χ1n) is 14.3. The van der Waals surface area contributed by atoms with Crippen LogP contribution in [0.15, 0.2) is 66.7 Å². The van der Waals surface area contributed by atoms with Crippen LogP contribution in [0, 0.1) is 19.7 Å². The molecule has 0 amide bonds. The molecule has 5 nitrogen and oxygen atoms in total. The zero-order valence-corrected chi connectivity index (χ0v) is 24.8. The van der Waals surface area contributed by atoms with E-state index < -0.39 is 0 Å². The van der Waals surface area contributed by atoms with Gasteiger partial charge in [0.15, 0.2) is 5.82 Å². The number of hydrogen-bond donors (Lipinski definition) is 1. The van der Waals surface area contributed by atoms with E-state index in [-0.39, 0.29) is 5.82 Å². The second-order valence-electron chi connectivity index (χ2n) is 11.3. The van der Waals surface area contributed by atoms with Gasteiger partial charge >= 0.3 is 0 Å². The number of benzene rings is 3. The van der Waals surface area contributed by atoms with Gasteiger partial charge in [0.1, 0.15) is 34.5 Å². The second-order valence-corrected chi connectivity index (χ2v) is 11.7. The monoisotopic (exact) mass is 566 g/mol. The van der Waals surface area contributed by atoms with E-state index in [0.29, 0.717) is 17.5 Å². The summed E-state index contributed by atoms with van der Waals surface area (Å²) in [6.07, 6.45) is 2.98. The van der Waals surface area contributed by atoms with Gasteiger partial charge in [0.05, 0.1) is 0 Å². The molecule has 3 heterocycles. The van der Waals surface area contributed by atoms with Gasteiger partial charge in [-0.25, -0.2) is 8.91 Å². The molecule has 1 aliphatic heterocycles. The van der Waals surface area contributed by atoms with Crippen LogP contribution in [0.2, 0.25) is 0 Å². The number of anilines is 1. The van der Waals surface area contributed by atoms with Crippen LogP contribution < -0.4 is 10.1 Å². The van der Waals surface area contributed by atoms with Crippen LogP contribution in [-0.4, -0.2) is 19.2 Å². The Labute approximate surface area is 246 Å². The highest BCUT2D eigenvalue weighted by atomic mass is 32.1. The molecular weight excluding hydrogens is 531 g/mol. The Kier molecular flexibility index (Phi) is 7.39. The van der Waals surface area contributed by atoms with E-state index >= 15 is 0 Å². The highest BCUT2D eigenvalue weighted by Gasteiger charge is 2.29. The lowest BCUT2D eigenvalue weighted by molar-refractivity contribution is 0.284. The zero-order chi connectivity index (χ0) is 28.7. The summed E-state index contributed by atoms with van der Waals surface area (Å²) in [7, 11) is 0. The first-order valence-corrected chi connectivity index (χ1v) is 14.7. The first-order chi connectivity index (χ1) is 19.8. The molecule has 0 bridgehead atoms. The van der Waals surface area contributed by atoms with Crippen LogP contribution in [0.3, 0.4) is 0 Å². The van der Waals surface area contributed by atoms with Gasteiger partial charge in [0.25, 0.3) is 0 Å². The largest absolute Gasteiger partial charge is 0.485 e. The molecule has 2 aromatic heterocycles. The molecule has 0 saturated heterocycles. The van der Waals surface area contributed by atoms with Crippen molar-refractivity contribution in [3.8, 4) is 16.9 Å². The maximum absolute atomic E-state index is 14.0. The van der Waals surface area contributed by atoms with Crippen molar-refractivity contribution >= 4 is 28.5 Å². The van der Waals surface area contributed by atoms with E-state index in [9.17, 15) is 4.39 Å². The van der Waals surface area contributed by atoms with Gasteiger partial charge in [-0.05, 0) is 86.1 Å². The molecule has 7 heteroatoms. The Morgan fingerprint density at radius 3 is 2.46 bits per heavy atom. The summed E-state index contributed by atoms with van der Waals surface area (Å²) in [6.45, 7) is 9.72. The first kappa shape index (κ1) is 27.2. The standard InChI is InChI=1S/C34H35FN4OS/c1-21(2)27-17-10-23(4)19-29(27)40-20-30-37-39-32(33(41)36-26-15-8-22(3)9-16-26)31(24-11-13-25(35)14-12-24)28-7-5-6-18-38(30)34(28)39/h8-17,19,21H,5-7,18,20H2,1-4H3,(H,36,41). The summed E-state index contributed by atoms with van der Waals surface area (Å²) >= 11 is 6.06. The van der Waals surface area contributed by atoms with Gasteiger partial charge in [-0.3, -0.25) is 0 Å².